The van der Waals surface area contributed by atoms with Crippen molar-refractivity contribution in [2.24, 2.45) is 0 Å². The molecule has 1 aliphatic rings. The number of methoxy groups -OCH3 is 1. The number of piperidine rings is 1. The maximum Gasteiger partial charge on any atom is 0.162 e. The minimum Gasteiger partial charge on any atom is -0.493 e. The molecule has 1 aromatic carbocycles. The summed E-state index contributed by atoms with van der Waals surface area (Å²) in [6.07, 6.45) is 2.36. The Morgan fingerprint density at radius 2 is 2.22 bits per heavy atom. The maximum absolute atomic E-state index is 8.92. The molecule has 18 heavy (non-hydrogen) atoms. The summed E-state index contributed by atoms with van der Waals surface area (Å²) in [5.74, 6) is 1.35. The smallest absolute Gasteiger partial charge is 0.162 e. The van der Waals surface area contributed by atoms with Crippen LogP contribution in [0, 0.1) is 11.3 Å². The van der Waals surface area contributed by atoms with Gasteiger partial charge in [-0.25, -0.2) is 0 Å². The maximum atomic E-state index is 8.92. The van der Waals surface area contributed by atoms with Gasteiger partial charge in [0.15, 0.2) is 11.5 Å². The van der Waals surface area contributed by atoms with Crippen molar-refractivity contribution in [1.82, 2.24) is 4.90 Å². The second kappa shape index (κ2) is 5.74. The number of nitriles is 1. The van der Waals surface area contributed by atoms with E-state index in [1.165, 1.54) is 0 Å². The normalized spacial score (nSPS) is 20.2. The Balaban J connectivity index is 2.14. The zero-order valence-electron chi connectivity index (χ0n) is 10.8. The number of likely N-dealkylation sites (tertiary alicyclic amines) is 1. The molecule has 0 bridgehead atoms. The van der Waals surface area contributed by atoms with E-state index in [-0.39, 0.29) is 6.10 Å². The number of rotatable bonds is 3. The Bertz CT molecular complexity index is 454. The van der Waals surface area contributed by atoms with Gasteiger partial charge in [-0.2, -0.15) is 5.26 Å². The van der Waals surface area contributed by atoms with Crippen LogP contribution < -0.4 is 9.47 Å². The molecule has 2 rings (SSSR count). The Morgan fingerprint density at radius 1 is 1.39 bits per heavy atom. The first-order valence-electron chi connectivity index (χ1n) is 6.16. The topological polar surface area (TPSA) is 45.5 Å². The standard InChI is InChI=1S/C14H18N2O2/c1-16-7-3-4-12(10-16)18-14-8-11(9-15)5-6-13(14)17-2/h5-6,8,12H,3-4,7,10H2,1-2H3. The third kappa shape index (κ3) is 2.93. The highest BCUT2D eigenvalue weighted by Crippen LogP contribution is 2.30. The molecule has 0 aliphatic carbocycles. The third-order valence-corrected chi connectivity index (χ3v) is 3.17. The van der Waals surface area contributed by atoms with Gasteiger partial charge in [0, 0.05) is 12.6 Å². The highest BCUT2D eigenvalue weighted by atomic mass is 16.5. The molecule has 1 saturated heterocycles. The van der Waals surface area contributed by atoms with Crippen molar-refractivity contribution in [2.45, 2.75) is 18.9 Å². The molecule has 1 unspecified atom stereocenters. The monoisotopic (exact) mass is 246 g/mol. The van der Waals surface area contributed by atoms with E-state index in [4.69, 9.17) is 14.7 Å². The van der Waals surface area contributed by atoms with Crippen molar-refractivity contribution in [2.75, 3.05) is 27.2 Å². The lowest BCUT2D eigenvalue weighted by molar-refractivity contribution is 0.101. The van der Waals surface area contributed by atoms with E-state index >= 15 is 0 Å². The quantitative estimate of drug-likeness (QED) is 0.818. The average molecular weight is 246 g/mol. The fourth-order valence-corrected chi connectivity index (χ4v) is 2.23. The van der Waals surface area contributed by atoms with Crippen LogP contribution in [-0.2, 0) is 0 Å². The molecular weight excluding hydrogens is 228 g/mol. The van der Waals surface area contributed by atoms with E-state index in [9.17, 15) is 0 Å². The summed E-state index contributed by atoms with van der Waals surface area (Å²) < 4.78 is 11.2. The average Bonchev–Trinajstić information content (AvgIpc) is 2.38. The molecule has 4 nitrogen and oxygen atoms in total. The van der Waals surface area contributed by atoms with E-state index < -0.39 is 0 Å². The molecule has 96 valence electrons. The van der Waals surface area contributed by atoms with Crippen LogP contribution in [0.25, 0.3) is 0 Å². The van der Waals surface area contributed by atoms with Crippen LogP contribution in [0.4, 0.5) is 0 Å². The summed E-state index contributed by atoms with van der Waals surface area (Å²) in [5.41, 5.74) is 0.593. The zero-order valence-corrected chi connectivity index (χ0v) is 10.8. The third-order valence-electron chi connectivity index (χ3n) is 3.17. The first kappa shape index (κ1) is 12.7. The van der Waals surface area contributed by atoms with E-state index in [1.54, 1.807) is 25.3 Å². The number of hydrogen-bond donors (Lipinski definition) is 0. The van der Waals surface area contributed by atoms with Crippen LogP contribution in [0.3, 0.4) is 0 Å². The lowest BCUT2D eigenvalue weighted by Crippen LogP contribution is -2.38. The molecule has 1 heterocycles. The Labute approximate surface area is 108 Å². The van der Waals surface area contributed by atoms with Crippen molar-refractivity contribution >= 4 is 0 Å². The predicted octanol–water partition coefficient (Wildman–Crippen LogP) is 2.04. The van der Waals surface area contributed by atoms with Crippen molar-refractivity contribution in [3.63, 3.8) is 0 Å². The molecule has 1 atom stereocenters. The van der Waals surface area contributed by atoms with Gasteiger partial charge in [-0.3, -0.25) is 0 Å². The van der Waals surface area contributed by atoms with E-state index in [1.807, 2.05) is 0 Å². The highest BCUT2D eigenvalue weighted by Gasteiger charge is 2.20. The van der Waals surface area contributed by atoms with Gasteiger partial charge in [0.05, 0.1) is 18.7 Å². The fraction of sp³-hybridized carbons (Fsp3) is 0.500. The second-order valence-electron chi connectivity index (χ2n) is 4.62. The van der Waals surface area contributed by atoms with Crippen LogP contribution in [0.1, 0.15) is 18.4 Å². The molecular formula is C14H18N2O2. The van der Waals surface area contributed by atoms with Gasteiger partial charge in [0.2, 0.25) is 0 Å². The lowest BCUT2D eigenvalue weighted by Gasteiger charge is -2.30. The Kier molecular flexibility index (Phi) is 4.06. The van der Waals surface area contributed by atoms with E-state index in [2.05, 4.69) is 18.0 Å². The Hall–Kier alpha value is -1.73. The number of hydrogen-bond acceptors (Lipinski definition) is 4. The molecule has 0 amide bonds. The summed E-state index contributed by atoms with van der Waals surface area (Å²) in [4.78, 5) is 2.26. The molecule has 0 radical (unpaired) electrons. The van der Waals surface area contributed by atoms with Crippen molar-refractivity contribution in [3.8, 4) is 17.6 Å². The molecule has 0 saturated carbocycles. The van der Waals surface area contributed by atoms with Gasteiger partial charge in [-0.1, -0.05) is 0 Å². The second-order valence-corrected chi connectivity index (χ2v) is 4.62. The summed E-state index contributed by atoms with van der Waals surface area (Å²) in [7, 11) is 3.71. The van der Waals surface area contributed by atoms with Gasteiger partial charge in [0.25, 0.3) is 0 Å². The van der Waals surface area contributed by atoms with E-state index in [0.29, 0.717) is 17.1 Å². The number of ether oxygens (including phenoxy) is 2. The van der Waals surface area contributed by atoms with Crippen LogP contribution in [-0.4, -0.2) is 38.3 Å². The van der Waals surface area contributed by atoms with Crippen molar-refractivity contribution in [1.29, 1.82) is 5.26 Å². The zero-order chi connectivity index (χ0) is 13.0. The molecule has 1 aliphatic heterocycles. The molecule has 4 heteroatoms. The number of benzene rings is 1. The lowest BCUT2D eigenvalue weighted by atomic mass is 10.1. The van der Waals surface area contributed by atoms with Gasteiger partial charge in [-0.15, -0.1) is 0 Å². The Morgan fingerprint density at radius 3 is 2.89 bits per heavy atom. The van der Waals surface area contributed by atoms with Gasteiger partial charge >= 0.3 is 0 Å². The van der Waals surface area contributed by atoms with Gasteiger partial charge in [0.1, 0.15) is 6.10 Å². The first-order chi connectivity index (χ1) is 8.72. The minimum absolute atomic E-state index is 0.173. The molecule has 1 fully saturated rings. The molecule has 0 N–H and O–H groups in total. The molecule has 0 aromatic heterocycles. The first-order valence-corrected chi connectivity index (χ1v) is 6.16. The van der Waals surface area contributed by atoms with Crippen LogP contribution in [0.5, 0.6) is 11.5 Å². The fourth-order valence-electron chi connectivity index (χ4n) is 2.23. The molecule has 0 spiro atoms. The summed E-state index contributed by atoms with van der Waals surface area (Å²) in [5, 5.41) is 8.92. The highest BCUT2D eigenvalue weighted by molar-refractivity contribution is 5.46. The van der Waals surface area contributed by atoms with Crippen molar-refractivity contribution < 1.29 is 9.47 Å². The summed E-state index contributed by atoms with van der Waals surface area (Å²) in [6.45, 7) is 2.04. The number of likely N-dealkylation sites (N-methyl/N-ethyl adjacent to an activating group) is 1. The number of nitrogens with zero attached hydrogens (tertiary/aromatic N) is 2. The summed E-state index contributed by atoms with van der Waals surface area (Å²) in [6, 6.07) is 7.38. The summed E-state index contributed by atoms with van der Waals surface area (Å²) >= 11 is 0. The minimum atomic E-state index is 0.173. The van der Waals surface area contributed by atoms with Crippen molar-refractivity contribution in [3.05, 3.63) is 23.8 Å². The van der Waals surface area contributed by atoms with E-state index in [0.717, 1.165) is 25.9 Å². The SMILES string of the molecule is COc1ccc(C#N)cc1OC1CCCN(C)C1. The van der Waals surface area contributed by atoms with Crippen LogP contribution in [0.2, 0.25) is 0 Å². The van der Waals surface area contributed by atoms with Crippen LogP contribution in [0.15, 0.2) is 18.2 Å². The predicted molar refractivity (Wildman–Crippen MR) is 68.9 cm³/mol. The largest absolute Gasteiger partial charge is 0.493 e. The van der Waals surface area contributed by atoms with Crippen LogP contribution >= 0.6 is 0 Å². The van der Waals surface area contributed by atoms with Gasteiger partial charge < -0.3 is 14.4 Å². The molecule has 1 aromatic rings. The van der Waals surface area contributed by atoms with Gasteiger partial charge in [-0.05, 0) is 38.6 Å².